The van der Waals surface area contributed by atoms with Gasteiger partial charge in [0.2, 0.25) is 5.91 Å². The molecular weight excluding hydrogens is 418 g/mol. The van der Waals surface area contributed by atoms with E-state index in [1.54, 1.807) is 24.9 Å². The fourth-order valence-electron chi connectivity index (χ4n) is 2.42. The molecule has 7 heteroatoms. The molecule has 1 aromatic carbocycles. The average molecular weight is 440 g/mol. The van der Waals surface area contributed by atoms with Gasteiger partial charge in [0.25, 0.3) is 0 Å². The minimum atomic E-state index is -0.442. The van der Waals surface area contributed by atoms with Crippen molar-refractivity contribution < 1.29 is 18.7 Å². The van der Waals surface area contributed by atoms with Crippen LogP contribution in [0.4, 0.5) is 0 Å². The molecule has 140 valence electrons. The van der Waals surface area contributed by atoms with E-state index < -0.39 is 5.97 Å². The maximum Gasteiger partial charge on any atom is 0.341 e. The highest BCUT2D eigenvalue weighted by Gasteiger charge is 2.18. The normalized spacial score (nSPS) is 10.7. The van der Waals surface area contributed by atoms with Crippen LogP contribution in [0.15, 0.2) is 32.0 Å². The Labute approximate surface area is 166 Å². The number of carbonyl (C=O) groups is 2. The first kappa shape index (κ1) is 20.6. The van der Waals surface area contributed by atoms with Gasteiger partial charge in [-0.3, -0.25) is 4.79 Å². The number of amides is 1. The van der Waals surface area contributed by atoms with Gasteiger partial charge >= 0.3 is 5.97 Å². The van der Waals surface area contributed by atoms with Crippen LogP contribution < -0.4 is 0 Å². The summed E-state index contributed by atoms with van der Waals surface area (Å²) < 4.78 is 11.3. The van der Waals surface area contributed by atoms with Crippen molar-refractivity contribution in [2.75, 3.05) is 19.9 Å². The van der Waals surface area contributed by atoms with Gasteiger partial charge in [-0.1, -0.05) is 15.9 Å². The van der Waals surface area contributed by atoms with Crippen LogP contribution in [-0.4, -0.2) is 36.7 Å². The highest BCUT2D eigenvalue weighted by molar-refractivity contribution is 9.10. The standard InChI is InChI=1S/C19H22BrNO4S/c1-11-7-17(12(2)6-16(11)20)26-10-18(22)21(4)9-14-8-15(13(3)25-14)19(23)24-5/h6-8H,9-10H2,1-5H3. The zero-order chi connectivity index (χ0) is 19.4. The van der Waals surface area contributed by atoms with E-state index in [9.17, 15) is 9.59 Å². The minimum absolute atomic E-state index is 0.0105. The summed E-state index contributed by atoms with van der Waals surface area (Å²) in [6, 6.07) is 5.77. The Morgan fingerprint density at radius 2 is 1.88 bits per heavy atom. The van der Waals surface area contributed by atoms with Crippen LogP contribution in [0.3, 0.4) is 0 Å². The van der Waals surface area contributed by atoms with Crippen molar-refractivity contribution >= 4 is 39.6 Å². The van der Waals surface area contributed by atoms with Gasteiger partial charge in [-0.05, 0) is 50.1 Å². The SMILES string of the molecule is COC(=O)c1cc(CN(C)C(=O)CSc2cc(C)c(Br)cc2C)oc1C. The average Bonchev–Trinajstić information content (AvgIpc) is 2.96. The lowest BCUT2D eigenvalue weighted by Crippen LogP contribution is -2.27. The zero-order valence-corrected chi connectivity index (χ0v) is 17.9. The van der Waals surface area contributed by atoms with Crippen molar-refractivity contribution in [1.29, 1.82) is 0 Å². The van der Waals surface area contributed by atoms with Gasteiger partial charge in [-0.2, -0.15) is 0 Å². The second-order valence-corrected chi connectivity index (χ2v) is 7.95. The monoisotopic (exact) mass is 439 g/mol. The summed E-state index contributed by atoms with van der Waals surface area (Å²) in [4.78, 5) is 26.8. The molecule has 0 saturated carbocycles. The molecule has 2 rings (SSSR count). The lowest BCUT2D eigenvalue weighted by atomic mass is 10.2. The number of ether oxygens (including phenoxy) is 1. The number of benzene rings is 1. The topological polar surface area (TPSA) is 59.8 Å². The lowest BCUT2D eigenvalue weighted by Gasteiger charge is -2.16. The molecule has 0 aliphatic rings. The van der Waals surface area contributed by atoms with Crippen LogP contribution in [0.1, 0.15) is 33.0 Å². The van der Waals surface area contributed by atoms with E-state index in [4.69, 9.17) is 9.15 Å². The Morgan fingerprint density at radius 3 is 2.54 bits per heavy atom. The maximum absolute atomic E-state index is 12.4. The summed E-state index contributed by atoms with van der Waals surface area (Å²) in [5.41, 5.74) is 2.66. The molecule has 1 amide bonds. The molecule has 0 aliphatic heterocycles. The number of rotatable bonds is 6. The third-order valence-electron chi connectivity index (χ3n) is 4.00. The van der Waals surface area contributed by atoms with E-state index in [2.05, 4.69) is 28.1 Å². The smallest absolute Gasteiger partial charge is 0.341 e. The first-order chi connectivity index (χ1) is 12.2. The number of thioether (sulfide) groups is 1. The molecule has 0 unspecified atom stereocenters. The van der Waals surface area contributed by atoms with E-state index in [1.165, 1.54) is 18.9 Å². The second-order valence-electron chi connectivity index (χ2n) is 6.08. The Hall–Kier alpha value is -1.73. The van der Waals surface area contributed by atoms with E-state index in [1.807, 2.05) is 13.8 Å². The molecule has 0 atom stereocenters. The van der Waals surface area contributed by atoms with Crippen molar-refractivity contribution in [3.8, 4) is 0 Å². The minimum Gasteiger partial charge on any atom is -0.465 e. The maximum atomic E-state index is 12.4. The summed E-state index contributed by atoms with van der Waals surface area (Å²) in [7, 11) is 3.05. The Balaban J connectivity index is 1.98. The van der Waals surface area contributed by atoms with Crippen LogP contribution in [-0.2, 0) is 16.1 Å². The molecule has 0 radical (unpaired) electrons. The number of aryl methyl sites for hydroxylation is 3. The highest BCUT2D eigenvalue weighted by Crippen LogP contribution is 2.28. The molecule has 1 heterocycles. The van der Waals surface area contributed by atoms with Gasteiger partial charge in [-0.25, -0.2) is 4.79 Å². The molecule has 0 aliphatic carbocycles. The van der Waals surface area contributed by atoms with Crippen LogP contribution in [0, 0.1) is 20.8 Å². The summed E-state index contributed by atoms with van der Waals surface area (Å²) in [5, 5.41) is 0. The third-order valence-corrected chi connectivity index (χ3v) is 6.00. The molecule has 0 fully saturated rings. The van der Waals surface area contributed by atoms with Crippen LogP contribution in [0.5, 0.6) is 0 Å². The molecule has 1 aromatic heterocycles. The van der Waals surface area contributed by atoms with Gasteiger partial charge in [0, 0.05) is 16.4 Å². The van der Waals surface area contributed by atoms with Gasteiger partial charge in [0.1, 0.15) is 17.1 Å². The van der Waals surface area contributed by atoms with Gasteiger partial charge in [-0.15, -0.1) is 11.8 Å². The molecule has 26 heavy (non-hydrogen) atoms. The number of esters is 1. The fraction of sp³-hybridized carbons (Fsp3) is 0.368. The van der Waals surface area contributed by atoms with E-state index in [-0.39, 0.29) is 5.91 Å². The third kappa shape index (κ3) is 4.92. The number of halogens is 1. The van der Waals surface area contributed by atoms with Gasteiger partial charge in [0.05, 0.1) is 19.4 Å². The number of methoxy groups -OCH3 is 1. The largest absolute Gasteiger partial charge is 0.465 e. The molecule has 0 spiro atoms. The molecule has 5 nitrogen and oxygen atoms in total. The molecule has 0 saturated heterocycles. The summed E-state index contributed by atoms with van der Waals surface area (Å²) in [5.74, 6) is 0.927. The van der Waals surface area contributed by atoms with Crippen molar-refractivity contribution in [3.05, 3.63) is 50.9 Å². The number of furan rings is 1. The highest BCUT2D eigenvalue weighted by atomic mass is 79.9. The Bertz CT molecular complexity index is 831. The summed E-state index contributed by atoms with van der Waals surface area (Å²) in [6.45, 7) is 6.06. The van der Waals surface area contributed by atoms with Crippen LogP contribution in [0.25, 0.3) is 0 Å². The van der Waals surface area contributed by atoms with E-state index >= 15 is 0 Å². The number of hydrogen-bond donors (Lipinski definition) is 0. The molecule has 0 bridgehead atoms. The quantitative estimate of drug-likeness (QED) is 0.489. The number of carbonyl (C=O) groups excluding carboxylic acids is 2. The first-order valence-corrected chi connectivity index (χ1v) is 9.82. The Morgan fingerprint density at radius 1 is 1.19 bits per heavy atom. The van der Waals surface area contributed by atoms with Crippen molar-refractivity contribution in [1.82, 2.24) is 4.90 Å². The lowest BCUT2D eigenvalue weighted by molar-refractivity contribution is -0.127. The summed E-state index contributed by atoms with van der Waals surface area (Å²) in [6.07, 6.45) is 0. The van der Waals surface area contributed by atoms with Gasteiger partial charge < -0.3 is 14.1 Å². The predicted molar refractivity (Wildman–Crippen MR) is 106 cm³/mol. The second kappa shape index (κ2) is 8.77. The number of nitrogens with zero attached hydrogens (tertiary/aromatic N) is 1. The zero-order valence-electron chi connectivity index (χ0n) is 15.5. The van der Waals surface area contributed by atoms with Crippen LogP contribution >= 0.6 is 27.7 Å². The Kier molecular flexibility index (Phi) is 6.94. The van der Waals surface area contributed by atoms with Crippen molar-refractivity contribution in [2.45, 2.75) is 32.2 Å². The number of hydrogen-bond acceptors (Lipinski definition) is 5. The molecule has 0 N–H and O–H groups in total. The van der Waals surface area contributed by atoms with Crippen molar-refractivity contribution in [3.63, 3.8) is 0 Å². The summed E-state index contributed by atoms with van der Waals surface area (Å²) >= 11 is 5.03. The van der Waals surface area contributed by atoms with Gasteiger partial charge in [0.15, 0.2) is 0 Å². The van der Waals surface area contributed by atoms with Crippen LogP contribution in [0.2, 0.25) is 0 Å². The molecular formula is C19H22BrNO4S. The predicted octanol–water partition coefficient (Wildman–Crippen LogP) is 4.50. The van der Waals surface area contributed by atoms with E-state index in [0.29, 0.717) is 29.4 Å². The molecule has 2 aromatic rings. The van der Waals surface area contributed by atoms with E-state index in [0.717, 1.165) is 20.5 Å². The van der Waals surface area contributed by atoms with Crippen molar-refractivity contribution in [2.24, 2.45) is 0 Å². The fourth-order valence-corrected chi connectivity index (χ4v) is 3.92. The first-order valence-electron chi connectivity index (χ1n) is 8.04.